The van der Waals surface area contributed by atoms with Crippen LogP contribution in [0.4, 0.5) is 0 Å². The van der Waals surface area contributed by atoms with Crippen molar-refractivity contribution in [2.75, 3.05) is 7.11 Å². The van der Waals surface area contributed by atoms with Gasteiger partial charge in [-0.25, -0.2) is 0 Å². The lowest BCUT2D eigenvalue weighted by Gasteiger charge is -2.16. The number of hydrogen-bond acceptors (Lipinski definition) is 3. The molecule has 0 fully saturated rings. The highest BCUT2D eigenvalue weighted by atomic mass is 16.6. The van der Waals surface area contributed by atoms with Gasteiger partial charge in [-0.1, -0.05) is 42.4 Å². The van der Waals surface area contributed by atoms with Gasteiger partial charge in [-0.15, -0.1) is 0 Å². The van der Waals surface area contributed by atoms with Gasteiger partial charge in [0.05, 0.1) is 0 Å². The van der Waals surface area contributed by atoms with Crippen LogP contribution in [0.3, 0.4) is 0 Å². The highest BCUT2D eigenvalue weighted by molar-refractivity contribution is 6.03. The van der Waals surface area contributed by atoms with Crippen LogP contribution in [0.1, 0.15) is 32.8 Å². The standard InChI is InChI=1S/C14H21NO2/c1-5-13(16-4)14(15-17-11(2)3)12-9-7-6-8-10-12/h6-11,13H,5H2,1-4H3. The van der Waals surface area contributed by atoms with E-state index in [9.17, 15) is 0 Å². The molecule has 0 bridgehead atoms. The Morgan fingerprint density at radius 1 is 1.24 bits per heavy atom. The Kier molecular flexibility index (Phi) is 5.70. The summed E-state index contributed by atoms with van der Waals surface area (Å²) < 4.78 is 5.44. The van der Waals surface area contributed by atoms with Crippen LogP contribution < -0.4 is 0 Å². The third kappa shape index (κ3) is 4.19. The number of rotatable bonds is 6. The van der Waals surface area contributed by atoms with Gasteiger partial charge in [0.2, 0.25) is 0 Å². The third-order valence-corrected chi connectivity index (χ3v) is 2.39. The Hall–Kier alpha value is -1.35. The molecule has 0 saturated heterocycles. The smallest absolute Gasteiger partial charge is 0.122 e. The highest BCUT2D eigenvalue weighted by Crippen LogP contribution is 2.11. The summed E-state index contributed by atoms with van der Waals surface area (Å²) in [6, 6.07) is 10.00. The first-order valence-corrected chi connectivity index (χ1v) is 6.01. The minimum absolute atomic E-state index is 0.0313. The van der Waals surface area contributed by atoms with Crippen LogP contribution >= 0.6 is 0 Å². The van der Waals surface area contributed by atoms with Crippen LogP contribution in [-0.2, 0) is 9.57 Å². The van der Waals surface area contributed by atoms with E-state index >= 15 is 0 Å². The number of hydrogen-bond donors (Lipinski definition) is 0. The van der Waals surface area contributed by atoms with E-state index in [1.807, 2.05) is 44.2 Å². The third-order valence-electron chi connectivity index (χ3n) is 2.39. The highest BCUT2D eigenvalue weighted by Gasteiger charge is 2.16. The summed E-state index contributed by atoms with van der Waals surface area (Å²) in [5.41, 5.74) is 1.89. The molecule has 94 valence electrons. The Labute approximate surface area is 103 Å². The molecule has 1 rings (SSSR count). The molecule has 0 spiro atoms. The lowest BCUT2D eigenvalue weighted by atomic mass is 10.0. The second-order valence-corrected chi connectivity index (χ2v) is 4.13. The fourth-order valence-electron chi connectivity index (χ4n) is 1.54. The first-order chi connectivity index (χ1) is 8.19. The number of methoxy groups -OCH3 is 1. The van der Waals surface area contributed by atoms with Crippen LogP contribution in [0.25, 0.3) is 0 Å². The average molecular weight is 235 g/mol. The molecule has 3 heteroatoms. The minimum atomic E-state index is -0.0313. The topological polar surface area (TPSA) is 30.8 Å². The average Bonchev–Trinajstić information content (AvgIpc) is 2.35. The van der Waals surface area contributed by atoms with Gasteiger partial charge >= 0.3 is 0 Å². The second-order valence-electron chi connectivity index (χ2n) is 4.13. The van der Waals surface area contributed by atoms with Gasteiger partial charge in [-0.05, 0) is 20.3 Å². The zero-order chi connectivity index (χ0) is 12.7. The first-order valence-electron chi connectivity index (χ1n) is 6.01. The molecule has 0 heterocycles. The van der Waals surface area contributed by atoms with E-state index in [4.69, 9.17) is 9.57 Å². The molecular weight excluding hydrogens is 214 g/mol. The number of benzene rings is 1. The molecule has 0 radical (unpaired) electrons. The van der Waals surface area contributed by atoms with Gasteiger partial charge in [0.15, 0.2) is 0 Å². The van der Waals surface area contributed by atoms with Gasteiger partial charge in [0.1, 0.15) is 17.9 Å². The number of ether oxygens (including phenoxy) is 1. The maximum absolute atomic E-state index is 5.44. The van der Waals surface area contributed by atoms with Crippen molar-refractivity contribution >= 4 is 5.71 Å². The van der Waals surface area contributed by atoms with E-state index in [0.29, 0.717) is 0 Å². The molecule has 0 aliphatic heterocycles. The quantitative estimate of drug-likeness (QED) is 0.560. The van der Waals surface area contributed by atoms with E-state index in [1.54, 1.807) is 7.11 Å². The van der Waals surface area contributed by atoms with Crippen LogP contribution in [0.2, 0.25) is 0 Å². The molecule has 0 saturated carbocycles. The molecule has 1 aromatic rings. The SMILES string of the molecule is CCC(OC)C(=NOC(C)C)c1ccccc1. The van der Waals surface area contributed by atoms with Crippen molar-refractivity contribution < 1.29 is 9.57 Å². The van der Waals surface area contributed by atoms with Gasteiger partial charge in [0.25, 0.3) is 0 Å². The predicted octanol–water partition coefficient (Wildman–Crippen LogP) is 3.24. The van der Waals surface area contributed by atoms with Crippen molar-refractivity contribution in [2.24, 2.45) is 5.16 Å². The Morgan fingerprint density at radius 2 is 1.88 bits per heavy atom. The van der Waals surface area contributed by atoms with Crippen molar-refractivity contribution in [2.45, 2.75) is 39.4 Å². The molecule has 17 heavy (non-hydrogen) atoms. The molecule has 0 aliphatic carbocycles. The lowest BCUT2D eigenvalue weighted by Crippen LogP contribution is -2.24. The fraction of sp³-hybridized carbons (Fsp3) is 0.500. The monoisotopic (exact) mass is 235 g/mol. The summed E-state index contributed by atoms with van der Waals surface area (Å²) >= 11 is 0. The second kappa shape index (κ2) is 7.07. The Bertz CT molecular complexity index is 342. The predicted molar refractivity (Wildman–Crippen MR) is 70.3 cm³/mol. The number of oxime groups is 1. The van der Waals surface area contributed by atoms with Crippen LogP contribution in [0.15, 0.2) is 35.5 Å². The molecule has 3 nitrogen and oxygen atoms in total. The molecule has 0 N–H and O–H groups in total. The summed E-state index contributed by atoms with van der Waals surface area (Å²) in [6.07, 6.45) is 0.908. The van der Waals surface area contributed by atoms with E-state index in [1.165, 1.54) is 0 Å². The van der Waals surface area contributed by atoms with Crippen molar-refractivity contribution in [3.05, 3.63) is 35.9 Å². The molecule has 1 unspecified atom stereocenters. The van der Waals surface area contributed by atoms with E-state index in [0.717, 1.165) is 17.7 Å². The summed E-state index contributed by atoms with van der Waals surface area (Å²) in [7, 11) is 1.70. The molecular formula is C14H21NO2. The van der Waals surface area contributed by atoms with E-state index in [-0.39, 0.29) is 12.2 Å². The Balaban J connectivity index is 2.98. The Morgan fingerprint density at radius 3 is 2.35 bits per heavy atom. The van der Waals surface area contributed by atoms with E-state index < -0.39 is 0 Å². The van der Waals surface area contributed by atoms with Gasteiger partial charge in [-0.3, -0.25) is 0 Å². The lowest BCUT2D eigenvalue weighted by molar-refractivity contribution is 0.0790. The van der Waals surface area contributed by atoms with Crippen molar-refractivity contribution in [1.29, 1.82) is 0 Å². The van der Waals surface area contributed by atoms with Crippen LogP contribution in [0, 0.1) is 0 Å². The molecule has 0 aromatic heterocycles. The van der Waals surface area contributed by atoms with Gasteiger partial charge in [-0.2, -0.15) is 0 Å². The van der Waals surface area contributed by atoms with Crippen molar-refractivity contribution in [1.82, 2.24) is 0 Å². The zero-order valence-electron chi connectivity index (χ0n) is 11.0. The summed E-state index contributed by atoms with van der Waals surface area (Å²) in [6.45, 7) is 5.99. The molecule has 1 atom stereocenters. The fourth-order valence-corrected chi connectivity index (χ4v) is 1.54. The largest absolute Gasteiger partial charge is 0.393 e. The summed E-state index contributed by atoms with van der Waals surface area (Å²) in [5, 5.41) is 4.23. The minimum Gasteiger partial charge on any atom is -0.393 e. The molecule has 0 amide bonds. The first kappa shape index (κ1) is 13.7. The molecule has 1 aromatic carbocycles. The summed E-state index contributed by atoms with van der Waals surface area (Å²) in [4.78, 5) is 5.35. The normalized spacial score (nSPS) is 13.8. The maximum atomic E-state index is 5.44. The van der Waals surface area contributed by atoms with E-state index in [2.05, 4.69) is 12.1 Å². The van der Waals surface area contributed by atoms with Gasteiger partial charge in [0, 0.05) is 12.7 Å². The van der Waals surface area contributed by atoms with Crippen molar-refractivity contribution in [3.63, 3.8) is 0 Å². The molecule has 0 aliphatic rings. The van der Waals surface area contributed by atoms with Crippen LogP contribution in [0.5, 0.6) is 0 Å². The summed E-state index contributed by atoms with van der Waals surface area (Å²) in [5.74, 6) is 0. The number of nitrogens with zero attached hydrogens (tertiary/aromatic N) is 1. The van der Waals surface area contributed by atoms with Crippen LogP contribution in [-0.4, -0.2) is 25.0 Å². The van der Waals surface area contributed by atoms with Gasteiger partial charge < -0.3 is 9.57 Å². The zero-order valence-corrected chi connectivity index (χ0v) is 11.0. The maximum Gasteiger partial charge on any atom is 0.122 e. The van der Waals surface area contributed by atoms with Crippen molar-refractivity contribution in [3.8, 4) is 0 Å².